The van der Waals surface area contributed by atoms with E-state index in [1.807, 2.05) is 31.2 Å². The smallest absolute Gasteiger partial charge is 0.135 e. The van der Waals surface area contributed by atoms with Gasteiger partial charge >= 0.3 is 0 Å². The number of anilines is 2. The Balaban J connectivity index is 2.15. The van der Waals surface area contributed by atoms with Gasteiger partial charge in [0.1, 0.15) is 22.5 Å². The van der Waals surface area contributed by atoms with Crippen LogP contribution in [-0.2, 0) is 0 Å². The molecular formula is C15H18ClN3O. The third-order valence-corrected chi connectivity index (χ3v) is 3.02. The summed E-state index contributed by atoms with van der Waals surface area (Å²) >= 11 is 5.92. The second kappa shape index (κ2) is 6.57. The highest BCUT2D eigenvalue weighted by molar-refractivity contribution is 6.29. The van der Waals surface area contributed by atoms with Crippen LogP contribution >= 0.6 is 11.6 Å². The van der Waals surface area contributed by atoms with Crippen molar-refractivity contribution in [1.29, 1.82) is 0 Å². The highest BCUT2D eigenvalue weighted by atomic mass is 35.5. The Hall–Kier alpha value is -1.81. The number of nitrogens with zero attached hydrogens (tertiary/aromatic N) is 2. The van der Waals surface area contributed by atoms with Crippen molar-refractivity contribution in [2.24, 2.45) is 0 Å². The molecule has 20 heavy (non-hydrogen) atoms. The number of nitrogens with one attached hydrogen (secondary N) is 1. The molecule has 2 aromatic rings. The second-order valence-electron chi connectivity index (χ2n) is 4.61. The van der Waals surface area contributed by atoms with Crippen LogP contribution in [-0.4, -0.2) is 16.1 Å². The molecule has 1 unspecified atom stereocenters. The van der Waals surface area contributed by atoms with E-state index in [0.717, 1.165) is 17.9 Å². The van der Waals surface area contributed by atoms with E-state index in [-0.39, 0.29) is 6.10 Å². The fourth-order valence-corrected chi connectivity index (χ4v) is 1.93. The zero-order chi connectivity index (χ0) is 14.5. The van der Waals surface area contributed by atoms with Crippen LogP contribution in [0.3, 0.4) is 0 Å². The number of aromatic nitrogens is 2. The lowest BCUT2D eigenvalue weighted by atomic mass is 10.2. The van der Waals surface area contributed by atoms with Gasteiger partial charge in [-0.05, 0) is 32.4 Å². The summed E-state index contributed by atoms with van der Waals surface area (Å²) in [6.07, 6.45) is 1.17. The van der Waals surface area contributed by atoms with E-state index in [4.69, 9.17) is 16.3 Å². The number of hydrogen-bond acceptors (Lipinski definition) is 4. The summed E-state index contributed by atoms with van der Waals surface area (Å²) in [6, 6.07) is 9.47. The van der Waals surface area contributed by atoms with Crippen molar-refractivity contribution in [3.05, 3.63) is 41.3 Å². The number of hydrogen-bond donors (Lipinski definition) is 1. The fraction of sp³-hybridized carbons (Fsp3) is 0.333. The Morgan fingerprint density at radius 2 is 2.10 bits per heavy atom. The van der Waals surface area contributed by atoms with Crippen molar-refractivity contribution in [3.63, 3.8) is 0 Å². The van der Waals surface area contributed by atoms with E-state index in [0.29, 0.717) is 16.8 Å². The maximum atomic E-state index is 5.92. The molecule has 0 saturated carbocycles. The van der Waals surface area contributed by atoms with Gasteiger partial charge in [0.05, 0.1) is 6.10 Å². The minimum absolute atomic E-state index is 0.195. The van der Waals surface area contributed by atoms with E-state index < -0.39 is 0 Å². The van der Waals surface area contributed by atoms with E-state index in [9.17, 15) is 0 Å². The maximum absolute atomic E-state index is 5.92. The topological polar surface area (TPSA) is 47.0 Å². The first-order chi connectivity index (χ1) is 9.56. The molecule has 1 N–H and O–H groups in total. The number of rotatable bonds is 5. The number of halogens is 1. The van der Waals surface area contributed by atoms with Gasteiger partial charge in [-0.3, -0.25) is 0 Å². The minimum atomic E-state index is 0.195. The number of aryl methyl sites for hydroxylation is 1. The molecule has 0 amide bonds. The normalized spacial score (nSPS) is 12.0. The van der Waals surface area contributed by atoms with Crippen LogP contribution in [0.2, 0.25) is 5.15 Å². The summed E-state index contributed by atoms with van der Waals surface area (Å²) in [6.45, 7) is 5.95. The van der Waals surface area contributed by atoms with Gasteiger partial charge in [0.25, 0.3) is 0 Å². The molecule has 0 aliphatic carbocycles. The zero-order valence-electron chi connectivity index (χ0n) is 11.9. The second-order valence-corrected chi connectivity index (χ2v) is 5.00. The molecule has 0 radical (unpaired) electrons. The van der Waals surface area contributed by atoms with Crippen LogP contribution in [0.5, 0.6) is 5.75 Å². The molecule has 0 spiro atoms. The largest absolute Gasteiger partial charge is 0.491 e. The van der Waals surface area contributed by atoms with Crippen molar-refractivity contribution in [1.82, 2.24) is 9.97 Å². The summed E-state index contributed by atoms with van der Waals surface area (Å²) < 4.78 is 5.79. The van der Waals surface area contributed by atoms with Gasteiger partial charge in [-0.25, -0.2) is 9.97 Å². The quantitative estimate of drug-likeness (QED) is 0.832. The van der Waals surface area contributed by atoms with E-state index in [1.54, 1.807) is 13.0 Å². The van der Waals surface area contributed by atoms with Crippen LogP contribution in [0, 0.1) is 6.92 Å². The maximum Gasteiger partial charge on any atom is 0.135 e. The Morgan fingerprint density at radius 1 is 1.30 bits per heavy atom. The molecule has 0 saturated heterocycles. The third kappa shape index (κ3) is 4.10. The predicted molar refractivity (Wildman–Crippen MR) is 81.9 cm³/mol. The molecule has 1 aromatic carbocycles. The monoisotopic (exact) mass is 291 g/mol. The Morgan fingerprint density at radius 3 is 2.80 bits per heavy atom. The third-order valence-electron chi connectivity index (χ3n) is 2.83. The molecule has 1 heterocycles. The number of ether oxygens (including phenoxy) is 1. The van der Waals surface area contributed by atoms with Gasteiger partial charge < -0.3 is 10.1 Å². The molecule has 4 nitrogen and oxygen atoms in total. The summed E-state index contributed by atoms with van der Waals surface area (Å²) in [5.41, 5.74) is 0.903. The molecule has 2 rings (SSSR count). The summed E-state index contributed by atoms with van der Waals surface area (Å²) in [4.78, 5) is 8.32. The van der Waals surface area contributed by atoms with Crippen LogP contribution in [0.25, 0.3) is 0 Å². The van der Waals surface area contributed by atoms with Gasteiger partial charge in [-0.15, -0.1) is 0 Å². The van der Waals surface area contributed by atoms with E-state index in [2.05, 4.69) is 22.2 Å². The first-order valence-electron chi connectivity index (χ1n) is 6.61. The van der Waals surface area contributed by atoms with E-state index in [1.165, 1.54) is 0 Å². The lowest BCUT2D eigenvalue weighted by Crippen LogP contribution is -2.09. The van der Waals surface area contributed by atoms with Crippen LogP contribution in [0.4, 0.5) is 11.5 Å². The standard InChI is InChI=1S/C15H18ClN3O/c1-4-10(2)20-13-7-5-6-12(8-13)19-15-9-14(16)17-11(3)18-15/h5-10H,4H2,1-3H3,(H,17,18,19). The molecular weight excluding hydrogens is 274 g/mol. The summed E-state index contributed by atoms with van der Waals surface area (Å²) in [5.74, 6) is 2.14. The van der Waals surface area contributed by atoms with Crippen LogP contribution in [0.1, 0.15) is 26.1 Å². The summed E-state index contributed by atoms with van der Waals surface area (Å²) in [5, 5.41) is 3.62. The zero-order valence-corrected chi connectivity index (χ0v) is 12.6. The molecule has 5 heteroatoms. The molecule has 1 atom stereocenters. The van der Waals surface area contributed by atoms with Crippen molar-refractivity contribution < 1.29 is 4.74 Å². The molecule has 0 fully saturated rings. The molecule has 106 valence electrons. The van der Waals surface area contributed by atoms with Crippen molar-refractivity contribution in [2.45, 2.75) is 33.3 Å². The van der Waals surface area contributed by atoms with Crippen LogP contribution < -0.4 is 10.1 Å². The van der Waals surface area contributed by atoms with Crippen molar-refractivity contribution in [3.8, 4) is 5.75 Å². The van der Waals surface area contributed by atoms with Gasteiger partial charge in [-0.2, -0.15) is 0 Å². The highest BCUT2D eigenvalue weighted by Crippen LogP contribution is 2.22. The molecule has 0 aliphatic heterocycles. The molecule has 0 aliphatic rings. The lowest BCUT2D eigenvalue weighted by Gasteiger charge is -2.14. The average Bonchev–Trinajstić information content (AvgIpc) is 2.37. The minimum Gasteiger partial charge on any atom is -0.491 e. The van der Waals surface area contributed by atoms with Crippen molar-refractivity contribution in [2.75, 3.05) is 5.32 Å². The predicted octanol–water partition coefficient (Wildman–Crippen LogP) is 4.36. The Kier molecular flexibility index (Phi) is 4.79. The van der Waals surface area contributed by atoms with Gasteiger partial charge in [-0.1, -0.05) is 24.6 Å². The first kappa shape index (κ1) is 14.6. The van der Waals surface area contributed by atoms with Gasteiger partial charge in [0, 0.05) is 17.8 Å². The summed E-state index contributed by atoms with van der Waals surface area (Å²) in [7, 11) is 0. The van der Waals surface area contributed by atoms with E-state index >= 15 is 0 Å². The highest BCUT2D eigenvalue weighted by Gasteiger charge is 2.04. The SMILES string of the molecule is CCC(C)Oc1cccc(Nc2cc(Cl)nc(C)n2)c1. The first-order valence-corrected chi connectivity index (χ1v) is 6.99. The molecule has 1 aromatic heterocycles. The molecule has 0 bridgehead atoms. The van der Waals surface area contributed by atoms with Gasteiger partial charge in [0.2, 0.25) is 0 Å². The Labute approximate surface area is 124 Å². The van der Waals surface area contributed by atoms with Gasteiger partial charge in [0.15, 0.2) is 0 Å². The van der Waals surface area contributed by atoms with Crippen LogP contribution in [0.15, 0.2) is 30.3 Å². The Bertz CT molecular complexity index is 569. The fourth-order valence-electron chi connectivity index (χ4n) is 1.71. The average molecular weight is 292 g/mol. The van der Waals surface area contributed by atoms with Crippen molar-refractivity contribution >= 4 is 23.1 Å². The lowest BCUT2D eigenvalue weighted by molar-refractivity contribution is 0.217. The number of benzene rings is 1.